The zero-order valence-electron chi connectivity index (χ0n) is 13.3. The summed E-state index contributed by atoms with van der Waals surface area (Å²) in [7, 11) is 0. The molecule has 7 heteroatoms. The van der Waals surface area contributed by atoms with Crippen LogP contribution in [0.1, 0.15) is 10.4 Å². The quantitative estimate of drug-likeness (QED) is 0.882. The number of benzene rings is 1. The van der Waals surface area contributed by atoms with Gasteiger partial charge in [0.15, 0.2) is 0 Å². The number of carbonyl (C=O) groups excluding carboxylic acids is 2. The number of hydrogen-bond donors (Lipinski definition) is 1. The maximum Gasteiger partial charge on any atom is 0.253 e. The summed E-state index contributed by atoms with van der Waals surface area (Å²) in [5.74, 6) is 2.51. The smallest absolute Gasteiger partial charge is 0.253 e. The first-order valence-corrected chi connectivity index (χ1v) is 9.43. The third kappa shape index (κ3) is 3.02. The molecule has 24 heavy (non-hydrogen) atoms. The third-order valence-corrected chi connectivity index (χ3v) is 6.13. The predicted octanol–water partition coefficient (Wildman–Crippen LogP) is 1.02. The van der Waals surface area contributed by atoms with Crippen LogP contribution in [-0.4, -0.2) is 65.5 Å². The van der Waals surface area contributed by atoms with Crippen molar-refractivity contribution in [2.75, 3.05) is 37.8 Å². The van der Waals surface area contributed by atoms with Crippen molar-refractivity contribution in [3.63, 3.8) is 0 Å². The molecule has 2 atom stereocenters. The highest BCUT2D eigenvalue weighted by molar-refractivity contribution is 7.99. The number of amides is 2. The molecule has 3 fully saturated rings. The Hall–Kier alpha value is -1.60. The van der Waals surface area contributed by atoms with Gasteiger partial charge in [-0.05, 0) is 36.1 Å². The number of nitrogens with one attached hydrogen (secondary N) is 1. The molecule has 5 nitrogen and oxygen atoms in total. The van der Waals surface area contributed by atoms with Crippen molar-refractivity contribution in [2.45, 2.75) is 6.04 Å². The fraction of sp³-hybridized carbons (Fsp3) is 0.529. The topological polar surface area (TPSA) is 52.7 Å². The number of carbonyl (C=O) groups is 2. The van der Waals surface area contributed by atoms with Gasteiger partial charge >= 0.3 is 0 Å². The SMILES string of the molecule is O=C(CNC1C2CN(C(=O)c3ccc(F)cc3)CC21)N1CCSC1. The van der Waals surface area contributed by atoms with E-state index in [0.29, 0.717) is 43.1 Å². The zero-order chi connectivity index (χ0) is 16.7. The molecular weight excluding hydrogens is 329 g/mol. The van der Waals surface area contributed by atoms with Crippen LogP contribution in [0.5, 0.6) is 0 Å². The molecule has 4 rings (SSSR count). The summed E-state index contributed by atoms with van der Waals surface area (Å²) in [6.45, 7) is 2.67. The van der Waals surface area contributed by atoms with Gasteiger partial charge in [-0.25, -0.2) is 4.39 Å². The fourth-order valence-corrected chi connectivity index (χ4v) is 4.67. The Morgan fingerprint density at radius 2 is 1.88 bits per heavy atom. The van der Waals surface area contributed by atoms with Gasteiger partial charge in [-0.15, -0.1) is 11.8 Å². The summed E-state index contributed by atoms with van der Waals surface area (Å²) in [5.41, 5.74) is 0.531. The average molecular weight is 349 g/mol. The first-order valence-electron chi connectivity index (χ1n) is 8.27. The zero-order valence-corrected chi connectivity index (χ0v) is 14.1. The second-order valence-electron chi connectivity index (χ2n) is 6.65. The lowest BCUT2D eigenvalue weighted by Crippen LogP contribution is -2.40. The maximum absolute atomic E-state index is 12.9. The first kappa shape index (κ1) is 15.9. The molecule has 2 aliphatic heterocycles. The predicted molar refractivity (Wildman–Crippen MR) is 90.1 cm³/mol. The van der Waals surface area contributed by atoms with Crippen LogP contribution in [0.2, 0.25) is 0 Å². The molecule has 0 bridgehead atoms. The number of halogens is 1. The van der Waals surface area contributed by atoms with Gasteiger partial charge in [0.05, 0.1) is 12.4 Å². The molecule has 1 saturated carbocycles. The van der Waals surface area contributed by atoms with Crippen LogP contribution in [0.25, 0.3) is 0 Å². The molecule has 0 spiro atoms. The molecule has 1 aromatic carbocycles. The molecule has 3 aliphatic rings. The first-order chi connectivity index (χ1) is 11.6. The molecule has 0 radical (unpaired) electrons. The third-order valence-electron chi connectivity index (χ3n) is 5.17. The fourth-order valence-electron chi connectivity index (χ4n) is 3.70. The number of thioether (sulfide) groups is 1. The van der Waals surface area contributed by atoms with Crippen molar-refractivity contribution in [2.24, 2.45) is 11.8 Å². The van der Waals surface area contributed by atoms with Crippen LogP contribution in [0.15, 0.2) is 24.3 Å². The largest absolute Gasteiger partial charge is 0.338 e. The van der Waals surface area contributed by atoms with Gasteiger partial charge in [0.1, 0.15) is 5.82 Å². The van der Waals surface area contributed by atoms with Crippen molar-refractivity contribution >= 4 is 23.6 Å². The molecule has 1 aromatic rings. The van der Waals surface area contributed by atoms with Gasteiger partial charge < -0.3 is 15.1 Å². The molecular formula is C17H20FN3O2S. The van der Waals surface area contributed by atoms with Crippen molar-refractivity contribution in [1.82, 2.24) is 15.1 Å². The number of hydrogen-bond acceptors (Lipinski definition) is 4. The highest BCUT2D eigenvalue weighted by atomic mass is 32.2. The standard InChI is InChI=1S/C17H20FN3O2S/c18-12-3-1-11(2-4-12)17(23)21-8-13-14(9-21)16(13)19-7-15(22)20-5-6-24-10-20/h1-4,13-14,16,19H,5-10H2. The van der Waals surface area contributed by atoms with Crippen LogP contribution in [0.3, 0.4) is 0 Å². The van der Waals surface area contributed by atoms with Crippen molar-refractivity contribution in [1.29, 1.82) is 0 Å². The Morgan fingerprint density at radius 3 is 2.50 bits per heavy atom. The molecule has 1 N–H and O–H groups in total. The normalized spacial score (nSPS) is 28.1. The lowest BCUT2D eigenvalue weighted by atomic mass is 10.2. The van der Waals surface area contributed by atoms with E-state index < -0.39 is 0 Å². The Morgan fingerprint density at radius 1 is 1.17 bits per heavy atom. The summed E-state index contributed by atoms with van der Waals surface area (Å²) in [4.78, 5) is 28.2. The molecule has 2 saturated heterocycles. The van der Waals surface area contributed by atoms with Gasteiger partial charge in [-0.2, -0.15) is 0 Å². The van der Waals surface area contributed by atoms with E-state index in [4.69, 9.17) is 0 Å². The van der Waals surface area contributed by atoms with E-state index in [0.717, 1.165) is 18.2 Å². The number of rotatable bonds is 4. The summed E-state index contributed by atoms with van der Waals surface area (Å²) < 4.78 is 12.9. The minimum atomic E-state index is -0.332. The van der Waals surface area contributed by atoms with Crippen LogP contribution in [0.4, 0.5) is 4.39 Å². The van der Waals surface area contributed by atoms with Crippen LogP contribution in [0, 0.1) is 17.7 Å². The molecule has 0 aromatic heterocycles. The lowest BCUT2D eigenvalue weighted by Gasteiger charge is -2.21. The van der Waals surface area contributed by atoms with E-state index in [9.17, 15) is 14.0 Å². The van der Waals surface area contributed by atoms with Gasteiger partial charge in [0, 0.05) is 37.0 Å². The van der Waals surface area contributed by atoms with Gasteiger partial charge in [0.25, 0.3) is 5.91 Å². The van der Waals surface area contributed by atoms with Gasteiger partial charge in [0.2, 0.25) is 5.91 Å². The van der Waals surface area contributed by atoms with Crippen molar-refractivity contribution in [3.8, 4) is 0 Å². The van der Waals surface area contributed by atoms with E-state index in [2.05, 4.69) is 5.32 Å². The lowest BCUT2D eigenvalue weighted by molar-refractivity contribution is -0.128. The van der Waals surface area contributed by atoms with E-state index >= 15 is 0 Å². The Kier molecular flexibility index (Phi) is 4.22. The van der Waals surface area contributed by atoms with E-state index in [1.807, 2.05) is 9.80 Å². The number of likely N-dealkylation sites (tertiary alicyclic amines) is 1. The highest BCUT2D eigenvalue weighted by Crippen LogP contribution is 2.45. The minimum absolute atomic E-state index is 0.0360. The molecule has 2 unspecified atom stereocenters. The summed E-state index contributed by atoms with van der Waals surface area (Å²) in [6, 6.07) is 6.04. The molecule has 2 heterocycles. The summed E-state index contributed by atoms with van der Waals surface area (Å²) in [5, 5.41) is 3.35. The molecule has 1 aliphatic carbocycles. The van der Waals surface area contributed by atoms with Crippen LogP contribution < -0.4 is 5.32 Å². The van der Waals surface area contributed by atoms with Gasteiger partial charge in [-0.1, -0.05) is 0 Å². The number of fused-ring (bicyclic) bond motifs is 1. The van der Waals surface area contributed by atoms with Crippen LogP contribution in [-0.2, 0) is 4.79 Å². The molecule has 128 valence electrons. The number of piperidine rings is 1. The van der Waals surface area contributed by atoms with E-state index in [1.54, 1.807) is 11.8 Å². The summed E-state index contributed by atoms with van der Waals surface area (Å²) in [6.07, 6.45) is 0. The van der Waals surface area contributed by atoms with E-state index in [1.165, 1.54) is 24.3 Å². The van der Waals surface area contributed by atoms with E-state index in [-0.39, 0.29) is 17.6 Å². The second-order valence-corrected chi connectivity index (χ2v) is 7.72. The monoisotopic (exact) mass is 349 g/mol. The minimum Gasteiger partial charge on any atom is -0.338 e. The molecule has 2 amide bonds. The van der Waals surface area contributed by atoms with Gasteiger partial charge in [-0.3, -0.25) is 9.59 Å². The summed E-state index contributed by atoms with van der Waals surface area (Å²) >= 11 is 1.79. The van der Waals surface area contributed by atoms with Crippen LogP contribution >= 0.6 is 11.8 Å². The maximum atomic E-state index is 12.9. The Bertz CT molecular complexity index is 636. The Labute approximate surface area is 144 Å². The number of nitrogens with zero attached hydrogens (tertiary/aromatic N) is 2. The highest BCUT2D eigenvalue weighted by Gasteiger charge is 2.56. The second kappa shape index (κ2) is 6.37. The van der Waals surface area contributed by atoms with Crippen molar-refractivity contribution in [3.05, 3.63) is 35.6 Å². The Balaban J connectivity index is 1.24. The van der Waals surface area contributed by atoms with Crippen molar-refractivity contribution < 1.29 is 14.0 Å². The average Bonchev–Trinajstić information content (AvgIpc) is 3.03.